The van der Waals surface area contributed by atoms with Gasteiger partial charge in [-0.25, -0.2) is 0 Å². The minimum Gasteiger partial charge on any atom is -0.0774 e. The number of hydrogen-bond donors (Lipinski definition) is 0. The molecule has 0 aliphatic rings. The van der Waals surface area contributed by atoms with E-state index in [1.807, 2.05) is 0 Å². The average molecular weight is 336 g/mol. The molecule has 0 fully saturated rings. The second-order valence-corrected chi connectivity index (χ2v) is 8.18. The van der Waals surface area contributed by atoms with Crippen LogP contribution in [0.1, 0.15) is 130 Å². The Morgan fingerprint density at radius 3 is 1.46 bits per heavy atom. The lowest BCUT2D eigenvalue weighted by molar-refractivity contribution is 0.432. The number of rotatable bonds is 20. The fourth-order valence-corrected chi connectivity index (χ4v) is 3.90. The molecule has 24 heavy (non-hydrogen) atoms. The van der Waals surface area contributed by atoms with Crippen molar-refractivity contribution in [3.05, 3.63) is 0 Å². The van der Waals surface area contributed by atoms with E-state index in [9.17, 15) is 0 Å². The minimum atomic E-state index is 1.05. The van der Waals surface area contributed by atoms with Crippen LogP contribution in [0, 0.1) is 5.92 Å². The molecule has 0 aromatic rings. The van der Waals surface area contributed by atoms with Crippen molar-refractivity contribution >= 4 is 7.28 Å². The zero-order valence-electron chi connectivity index (χ0n) is 17.7. The molecule has 0 N–H and O–H groups in total. The van der Waals surface area contributed by atoms with E-state index in [0.29, 0.717) is 0 Å². The fourth-order valence-electron chi connectivity index (χ4n) is 3.90. The Hall–Kier alpha value is 0.0649. The van der Waals surface area contributed by atoms with Gasteiger partial charge >= 0.3 is 0 Å². The van der Waals surface area contributed by atoms with Gasteiger partial charge in [-0.05, 0) is 5.92 Å². The maximum Gasteiger partial charge on any atom is 0.120 e. The summed E-state index contributed by atoms with van der Waals surface area (Å²) in [6.07, 6.45) is 27.8. The van der Waals surface area contributed by atoms with Crippen LogP contribution in [0.3, 0.4) is 0 Å². The molecule has 0 aliphatic carbocycles. The third kappa shape index (κ3) is 18.4. The topological polar surface area (TPSA) is 0 Å². The highest BCUT2D eigenvalue weighted by Gasteiger charge is 2.09. The molecular weight excluding hydrogens is 287 g/mol. The van der Waals surface area contributed by atoms with E-state index in [2.05, 4.69) is 20.8 Å². The third-order valence-corrected chi connectivity index (χ3v) is 5.65. The monoisotopic (exact) mass is 336 g/mol. The van der Waals surface area contributed by atoms with E-state index in [1.54, 1.807) is 0 Å². The lowest BCUT2D eigenvalue weighted by Gasteiger charge is -2.16. The van der Waals surface area contributed by atoms with Crippen molar-refractivity contribution in [2.24, 2.45) is 5.92 Å². The van der Waals surface area contributed by atoms with Gasteiger partial charge in [-0.1, -0.05) is 143 Å². The molecule has 0 aliphatic heterocycles. The van der Waals surface area contributed by atoms with Gasteiger partial charge in [-0.3, -0.25) is 0 Å². The van der Waals surface area contributed by atoms with Gasteiger partial charge in [0.1, 0.15) is 7.28 Å². The standard InChI is InChI=1S/C23H49B/c1-4-7-10-13-14-17-20-23(19-16-12-9-6-3)22-24-21-18-15-11-8-5-2/h23-24H,4-22H2,1-3H3. The Kier molecular flexibility index (Phi) is 21.2. The average Bonchev–Trinajstić information content (AvgIpc) is 2.60. The highest BCUT2D eigenvalue weighted by Crippen LogP contribution is 2.23. The summed E-state index contributed by atoms with van der Waals surface area (Å²) in [5.74, 6) is 1.05. The lowest BCUT2D eigenvalue weighted by Crippen LogP contribution is -2.05. The zero-order valence-corrected chi connectivity index (χ0v) is 17.7. The van der Waals surface area contributed by atoms with E-state index in [-0.39, 0.29) is 0 Å². The highest BCUT2D eigenvalue weighted by molar-refractivity contribution is 6.35. The summed E-state index contributed by atoms with van der Waals surface area (Å²) < 4.78 is 0. The van der Waals surface area contributed by atoms with Crippen LogP contribution in [0.15, 0.2) is 0 Å². The summed E-state index contributed by atoms with van der Waals surface area (Å²) in [6.45, 7) is 6.95. The zero-order chi connectivity index (χ0) is 17.7. The first kappa shape index (κ1) is 24.1. The third-order valence-electron chi connectivity index (χ3n) is 5.65. The molecule has 0 spiro atoms. The molecule has 144 valence electrons. The van der Waals surface area contributed by atoms with E-state index < -0.39 is 0 Å². The van der Waals surface area contributed by atoms with Crippen molar-refractivity contribution in [1.29, 1.82) is 0 Å². The van der Waals surface area contributed by atoms with E-state index >= 15 is 0 Å². The van der Waals surface area contributed by atoms with Crippen LogP contribution in [0.4, 0.5) is 0 Å². The Morgan fingerprint density at radius 2 is 0.917 bits per heavy atom. The molecule has 1 atom stereocenters. The molecule has 0 amide bonds. The summed E-state index contributed by atoms with van der Waals surface area (Å²) in [5.41, 5.74) is 0. The molecule has 0 aromatic carbocycles. The van der Waals surface area contributed by atoms with Crippen molar-refractivity contribution in [3.63, 3.8) is 0 Å². The van der Waals surface area contributed by atoms with Crippen LogP contribution < -0.4 is 0 Å². The molecule has 0 radical (unpaired) electrons. The predicted octanol–water partition coefficient (Wildman–Crippen LogP) is 8.57. The largest absolute Gasteiger partial charge is 0.120 e. The van der Waals surface area contributed by atoms with Crippen molar-refractivity contribution in [2.75, 3.05) is 0 Å². The van der Waals surface area contributed by atoms with Crippen LogP contribution in [0.2, 0.25) is 12.6 Å². The summed E-state index contributed by atoms with van der Waals surface area (Å²) in [6, 6.07) is 0. The van der Waals surface area contributed by atoms with Gasteiger partial charge < -0.3 is 0 Å². The van der Waals surface area contributed by atoms with Gasteiger partial charge in [-0.15, -0.1) is 0 Å². The molecule has 0 nitrogen and oxygen atoms in total. The SMILES string of the molecule is CCCCCCCBCC(CCCCCC)CCCCCCCC. The second-order valence-electron chi connectivity index (χ2n) is 8.18. The van der Waals surface area contributed by atoms with Gasteiger partial charge in [-0.2, -0.15) is 0 Å². The van der Waals surface area contributed by atoms with Crippen molar-refractivity contribution in [1.82, 2.24) is 0 Å². The minimum absolute atomic E-state index is 1.05. The van der Waals surface area contributed by atoms with Gasteiger partial charge in [0.2, 0.25) is 0 Å². The first-order valence-electron chi connectivity index (χ1n) is 11.8. The van der Waals surface area contributed by atoms with Gasteiger partial charge in [0.05, 0.1) is 0 Å². The summed E-state index contributed by atoms with van der Waals surface area (Å²) in [5, 5.41) is 0. The quantitative estimate of drug-likeness (QED) is 0.154. The van der Waals surface area contributed by atoms with Crippen molar-refractivity contribution in [2.45, 2.75) is 143 Å². The Bertz CT molecular complexity index is 214. The normalized spacial score (nSPS) is 12.5. The molecule has 0 aromatic heterocycles. The summed E-state index contributed by atoms with van der Waals surface area (Å²) in [7, 11) is 1.50. The van der Waals surface area contributed by atoms with Crippen molar-refractivity contribution < 1.29 is 0 Å². The molecule has 0 saturated carbocycles. The van der Waals surface area contributed by atoms with Gasteiger partial charge in [0.25, 0.3) is 0 Å². The molecule has 0 rings (SSSR count). The van der Waals surface area contributed by atoms with E-state index in [0.717, 1.165) is 5.92 Å². The number of unbranched alkanes of at least 4 members (excludes halogenated alkanes) is 12. The molecule has 1 unspecified atom stereocenters. The Labute approximate surface area is 156 Å². The Balaban J connectivity index is 3.70. The van der Waals surface area contributed by atoms with Crippen LogP contribution in [0.5, 0.6) is 0 Å². The summed E-state index contributed by atoms with van der Waals surface area (Å²) in [4.78, 5) is 0. The lowest BCUT2D eigenvalue weighted by atomic mass is 9.64. The van der Waals surface area contributed by atoms with Crippen LogP contribution in [0.25, 0.3) is 0 Å². The van der Waals surface area contributed by atoms with E-state index in [4.69, 9.17) is 0 Å². The molecule has 0 saturated heterocycles. The van der Waals surface area contributed by atoms with Crippen molar-refractivity contribution in [3.8, 4) is 0 Å². The first-order chi connectivity index (χ1) is 11.8. The fraction of sp³-hybridized carbons (Fsp3) is 1.00. The predicted molar refractivity (Wildman–Crippen MR) is 116 cm³/mol. The maximum atomic E-state index is 2.33. The highest BCUT2D eigenvalue weighted by atomic mass is 14.1. The molecule has 0 bridgehead atoms. The van der Waals surface area contributed by atoms with E-state index in [1.165, 1.54) is 129 Å². The first-order valence-corrected chi connectivity index (χ1v) is 11.8. The van der Waals surface area contributed by atoms with Gasteiger partial charge in [0, 0.05) is 0 Å². The van der Waals surface area contributed by atoms with Crippen LogP contribution in [-0.4, -0.2) is 7.28 Å². The molecular formula is C23H49B. The Morgan fingerprint density at radius 1 is 0.500 bits per heavy atom. The summed E-state index contributed by atoms with van der Waals surface area (Å²) >= 11 is 0. The molecule has 1 heteroatoms. The maximum absolute atomic E-state index is 2.33. The molecule has 0 heterocycles. The van der Waals surface area contributed by atoms with Crippen LogP contribution in [-0.2, 0) is 0 Å². The number of hydrogen-bond acceptors (Lipinski definition) is 0. The van der Waals surface area contributed by atoms with Crippen LogP contribution >= 0.6 is 0 Å². The van der Waals surface area contributed by atoms with Gasteiger partial charge in [0.15, 0.2) is 0 Å². The second kappa shape index (κ2) is 21.1. The smallest absolute Gasteiger partial charge is 0.0774 e.